The number of hydrogen-bond donors (Lipinski definition) is 1. The summed E-state index contributed by atoms with van der Waals surface area (Å²) in [6.07, 6.45) is 0. The Balaban J connectivity index is 1.76. The molecule has 1 nitrogen and oxygen atoms in total. The molecule has 102 valence electrons. The number of rotatable bonds is 5. The molecule has 0 saturated heterocycles. The Morgan fingerprint density at radius 2 is 1.50 bits per heavy atom. The summed E-state index contributed by atoms with van der Waals surface area (Å²) in [6.45, 7) is 0.869. The molecule has 0 saturated carbocycles. The fourth-order valence-electron chi connectivity index (χ4n) is 2.07. The Bertz CT molecular complexity index is 595. The van der Waals surface area contributed by atoms with Gasteiger partial charge in [-0.15, -0.1) is 22.7 Å². The maximum atomic E-state index is 3.67. The zero-order chi connectivity index (χ0) is 13.8. The molecule has 1 N–H and O–H groups in total. The maximum absolute atomic E-state index is 3.67. The van der Waals surface area contributed by atoms with Gasteiger partial charge in [0.05, 0.1) is 6.04 Å². The van der Waals surface area contributed by atoms with E-state index in [1.807, 2.05) is 0 Å². The van der Waals surface area contributed by atoms with Crippen molar-refractivity contribution < 1.29 is 0 Å². The van der Waals surface area contributed by atoms with E-state index in [2.05, 4.69) is 80.5 Å². The molecule has 2 heterocycles. The van der Waals surface area contributed by atoms with Crippen LogP contribution in [-0.4, -0.2) is 0 Å². The van der Waals surface area contributed by atoms with Crippen molar-refractivity contribution in [3.8, 4) is 0 Å². The number of halogens is 1. The van der Waals surface area contributed by atoms with Crippen LogP contribution in [0.15, 0.2) is 63.8 Å². The molecule has 0 unspecified atom stereocenters. The van der Waals surface area contributed by atoms with Crippen LogP contribution in [0.3, 0.4) is 0 Å². The van der Waals surface area contributed by atoms with Gasteiger partial charge in [-0.3, -0.25) is 0 Å². The van der Waals surface area contributed by atoms with E-state index in [9.17, 15) is 0 Å². The lowest BCUT2D eigenvalue weighted by Gasteiger charge is -2.16. The highest BCUT2D eigenvalue weighted by Crippen LogP contribution is 2.29. The third-order valence-corrected chi connectivity index (χ3v) is 5.48. The number of nitrogens with one attached hydrogen (secondary N) is 1. The van der Waals surface area contributed by atoms with Crippen molar-refractivity contribution in [1.29, 1.82) is 0 Å². The van der Waals surface area contributed by atoms with Crippen LogP contribution < -0.4 is 5.32 Å². The molecule has 1 aromatic carbocycles. The van der Waals surface area contributed by atoms with Crippen LogP contribution >= 0.6 is 38.6 Å². The molecule has 0 fully saturated rings. The second-order valence-corrected chi connectivity index (χ2v) is 7.35. The van der Waals surface area contributed by atoms with Crippen LogP contribution in [0.5, 0.6) is 0 Å². The summed E-state index contributed by atoms with van der Waals surface area (Å²) in [5.41, 5.74) is 1.30. The van der Waals surface area contributed by atoms with E-state index in [4.69, 9.17) is 0 Å². The van der Waals surface area contributed by atoms with Crippen LogP contribution in [0.25, 0.3) is 0 Å². The van der Waals surface area contributed by atoms with Crippen molar-refractivity contribution in [3.63, 3.8) is 0 Å². The third kappa shape index (κ3) is 3.38. The monoisotopic (exact) mass is 363 g/mol. The minimum absolute atomic E-state index is 0.290. The molecule has 0 aliphatic carbocycles. The quantitative estimate of drug-likeness (QED) is 0.635. The summed E-state index contributed by atoms with van der Waals surface area (Å²) in [5, 5.41) is 7.94. The molecule has 0 aliphatic rings. The molecule has 0 radical (unpaired) electrons. The van der Waals surface area contributed by atoms with Crippen molar-refractivity contribution >= 4 is 38.6 Å². The molecule has 0 amide bonds. The van der Waals surface area contributed by atoms with Crippen LogP contribution in [0.1, 0.15) is 21.4 Å². The molecular weight excluding hydrogens is 350 g/mol. The topological polar surface area (TPSA) is 12.0 Å². The summed E-state index contributed by atoms with van der Waals surface area (Å²) >= 11 is 7.08. The van der Waals surface area contributed by atoms with Crippen molar-refractivity contribution in [2.75, 3.05) is 0 Å². The van der Waals surface area contributed by atoms with E-state index in [1.54, 1.807) is 22.7 Å². The van der Waals surface area contributed by atoms with E-state index in [0.29, 0.717) is 6.04 Å². The van der Waals surface area contributed by atoms with Gasteiger partial charge in [0.1, 0.15) is 0 Å². The number of hydrogen-bond acceptors (Lipinski definition) is 3. The highest BCUT2D eigenvalue weighted by molar-refractivity contribution is 9.10. The Morgan fingerprint density at radius 3 is 2.00 bits per heavy atom. The fraction of sp³-hybridized carbons (Fsp3) is 0.125. The number of benzene rings is 1. The molecule has 4 heteroatoms. The summed E-state index contributed by atoms with van der Waals surface area (Å²) in [6, 6.07) is 17.4. The van der Waals surface area contributed by atoms with Crippen molar-refractivity contribution in [2.24, 2.45) is 0 Å². The Morgan fingerprint density at radius 1 is 0.900 bits per heavy atom. The summed E-state index contributed by atoms with van der Waals surface area (Å²) in [4.78, 5) is 2.73. The Kier molecular flexibility index (Phi) is 4.68. The van der Waals surface area contributed by atoms with E-state index in [0.717, 1.165) is 11.0 Å². The Labute approximate surface area is 135 Å². The normalized spacial score (nSPS) is 11.1. The second kappa shape index (κ2) is 6.68. The lowest BCUT2D eigenvalue weighted by molar-refractivity contribution is 0.621. The first-order chi connectivity index (χ1) is 9.83. The molecule has 20 heavy (non-hydrogen) atoms. The molecule has 3 aromatic rings. The maximum Gasteiger partial charge on any atom is 0.0767 e. The molecular formula is C16H14BrNS2. The predicted molar refractivity (Wildman–Crippen MR) is 91.5 cm³/mol. The van der Waals surface area contributed by atoms with Gasteiger partial charge in [0.25, 0.3) is 0 Å². The highest BCUT2D eigenvalue weighted by atomic mass is 79.9. The standard InChI is InChI=1S/C16H14BrNS2/c17-13-7-5-12(6-8-13)11-18-16(14-3-1-9-19-14)15-4-2-10-20-15/h1-10,16,18H,11H2. The Hall–Kier alpha value is -0.940. The van der Waals surface area contributed by atoms with Crippen LogP contribution in [0.2, 0.25) is 0 Å². The van der Waals surface area contributed by atoms with Crippen LogP contribution in [0, 0.1) is 0 Å². The highest BCUT2D eigenvalue weighted by Gasteiger charge is 2.15. The van der Waals surface area contributed by atoms with Crippen molar-refractivity contribution in [1.82, 2.24) is 5.32 Å². The van der Waals surface area contributed by atoms with Gasteiger partial charge in [-0.25, -0.2) is 0 Å². The molecule has 0 aliphatic heterocycles. The third-order valence-electron chi connectivity index (χ3n) is 3.08. The van der Waals surface area contributed by atoms with Gasteiger partial charge in [0.15, 0.2) is 0 Å². The van der Waals surface area contributed by atoms with Gasteiger partial charge >= 0.3 is 0 Å². The molecule has 2 aromatic heterocycles. The lowest BCUT2D eigenvalue weighted by atomic mass is 10.1. The minimum atomic E-state index is 0.290. The smallest absolute Gasteiger partial charge is 0.0767 e. The molecule has 0 atom stereocenters. The van der Waals surface area contributed by atoms with Gasteiger partial charge in [0.2, 0.25) is 0 Å². The molecule has 3 rings (SSSR count). The fourth-order valence-corrected chi connectivity index (χ4v) is 4.05. The first-order valence-electron chi connectivity index (χ1n) is 6.37. The summed E-state index contributed by atoms with van der Waals surface area (Å²) in [7, 11) is 0. The lowest BCUT2D eigenvalue weighted by Crippen LogP contribution is -2.20. The van der Waals surface area contributed by atoms with E-state index in [1.165, 1.54) is 15.3 Å². The average Bonchev–Trinajstić information content (AvgIpc) is 3.14. The van der Waals surface area contributed by atoms with Crippen LogP contribution in [0.4, 0.5) is 0 Å². The number of thiophene rings is 2. The second-order valence-electron chi connectivity index (χ2n) is 4.47. The van der Waals surface area contributed by atoms with Crippen molar-refractivity contribution in [2.45, 2.75) is 12.6 Å². The van der Waals surface area contributed by atoms with Gasteiger partial charge < -0.3 is 5.32 Å². The first kappa shape index (κ1) is 14.0. The van der Waals surface area contributed by atoms with Crippen LogP contribution in [-0.2, 0) is 6.54 Å². The summed E-state index contributed by atoms with van der Waals surface area (Å²) < 4.78 is 1.12. The van der Waals surface area contributed by atoms with E-state index < -0.39 is 0 Å². The zero-order valence-electron chi connectivity index (χ0n) is 10.8. The van der Waals surface area contributed by atoms with E-state index >= 15 is 0 Å². The largest absolute Gasteiger partial charge is 0.301 e. The SMILES string of the molecule is Brc1ccc(CNC(c2cccs2)c2cccs2)cc1. The van der Waals surface area contributed by atoms with Gasteiger partial charge in [-0.05, 0) is 40.6 Å². The van der Waals surface area contributed by atoms with E-state index in [-0.39, 0.29) is 0 Å². The van der Waals surface area contributed by atoms with Crippen molar-refractivity contribution in [3.05, 3.63) is 79.1 Å². The molecule has 0 bridgehead atoms. The summed E-state index contributed by atoms with van der Waals surface area (Å²) in [5.74, 6) is 0. The zero-order valence-corrected chi connectivity index (χ0v) is 14.0. The van der Waals surface area contributed by atoms with Gasteiger partial charge in [-0.1, -0.05) is 40.2 Å². The minimum Gasteiger partial charge on any atom is -0.301 e. The molecule has 0 spiro atoms. The van der Waals surface area contributed by atoms with Gasteiger partial charge in [0, 0.05) is 20.8 Å². The van der Waals surface area contributed by atoms with Gasteiger partial charge in [-0.2, -0.15) is 0 Å². The first-order valence-corrected chi connectivity index (χ1v) is 8.93. The average molecular weight is 364 g/mol. The predicted octanol–water partition coefficient (Wildman–Crippen LogP) is 5.45.